The van der Waals surface area contributed by atoms with Crippen LogP contribution in [-0.4, -0.2) is 85.6 Å². The van der Waals surface area contributed by atoms with Crippen LogP contribution in [0, 0.1) is 0 Å². The van der Waals surface area contributed by atoms with Crippen molar-refractivity contribution >= 4 is 35.2 Å². The Balaban J connectivity index is 1.86. The van der Waals surface area contributed by atoms with Crippen LogP contribution in [-0.2, 0) is 4.79 Å². The topological polar surface area (TPSA) is 81.6 Å². The second kappa shape index (κ2) is 8.10. The number of benzene rings is 1. The molecule has 0 bridgehead atoms. The first kappa shape index (κ1) is 19.8. The molecule has 3 heterocycles. The lowest BCUT2D eigenvalue weighted by Crippen LogP contribution is -2.46. The molecule has 4 rings (SSSR count). The molecule has 9 nitrogen and oxygen atoms in total. The number of hydrogen-bond donors (Lipinski definition) is 0. The van der Waals surface area contributed by atoms with Crippen LogP contribution >= 0.6 is 0 Å². The minimum absolute atomic E-state index is 0.560. The molecule has 0 unspecified atom stereocenters. The minimum Gasteiger partial charge on any atom is -0.361 e. The molecule has 1 saturated heterocycles. The van der Waals surface area contributed by atoms with Crippen molar-refractivity contribution in [1.82, 2.24) is 24.8 Å². The predicted molar refractivity (Wildman–Crippen MR) is 119 cm³/mol. The van der Waals surface area contributed by atoms with Crippen molar-refractivity contribution in [2.45, 2.75) is 0 Å². The average molecular weight is 406 g/mol. The summed E-state index contributed by atoms with van der Waals surface area (Å²) in [6, 6.07) is 10.0. The molecule has 1 fully saturated rings. The Kier molecular flexibility index (Phi) is 5.35. The van der Waals surface area contributed by atoms with Gasteiger partial charge < -0.3 is 19.6 Å². The summed E-state index contributed by atoms with van der Waals surface area (Å²) in [5.74, 6) is 2.10. The van der Waals surface area contributed by atoms with Crippen molar-refractivity contribution in [2.75, 3.05) is 69.1 Å². The Labute approximate surface area is 176 Å². The molecule has 0 atom stereocenters. The van der Waals surface area contributed by atoms with E-state index in [0.717, 1.165) is 29.3 Å². The maximum Gasteiger partial charge on any atom is 0.229 e. The zero-order valence-electron chi connectivity index (χ0n) is 17.8. The molecule has 1 aromatic carbocycles. The number of aromatic nitrogens is 4. The van der Waals surface area contributed by atoms with Crippen molar-refractivity contribution in [2.24, 2.45) is 0 Å². The number of nitrogens with zero attached hydrogens (tertiary/aromatic N) is 8. The average Bonchev–Trinajstić information content (AvgIpc) is 2.77. The van der Waals surface area contributed by atoms with E-state index in [-0.39, 0.29) is 0 Å². The van der Waals surface area contributed by atoms with Crippen LogP contribution in [0.5, 0.6) is 0 Å². The van der Waals surface area contributed by atoms with Gasteiger partial charge in [0.2, 0.25) is 12.4 Å². The number of fused-ring (bicyclic) bond motifs is 1. The fourth-order valence-corrected chi connectivity index (χ4v) is 3.50. The van der Waals surface area contributed by atoms with Gasteiger partial charge in [-0.1, -0.05) is 30.3 Å². The summed E-state index contributed by atoms with van der Waals surface area (Å²) >= 11 is 0. The molecular formula is C21H26N8O. The van der Waals surface area contributed by atoms with E-state index in [1.165, 1.54) is 0 Å². The highest BCUT2D eigenvalue weighted by molar-refractivity contribution is 5.89. The standard InChI is InChI=1S/C21H26N8O/c1-26(2)19-16(15-8-6-5-7-9-15)22-17-18(23-19)24-21(25-20(17)27(3)4)29-12-10-28(14-30)11-13-29/h5-9,14H,10-13H2,1-4H3. The molecule has 9 heteroatoms. The summed E-state index contributed by atoms with van der Waals surface area (Å²) in [6.07, 6.45) is 0.893. The molecule has 3 aromatic rings. The van der Waals surface area contributed by atoms with Gasteiger partial charge in [-0.15, -0.1) is 0 Å². The predicted octanol–water partition coefficient (Wildman–Crippen LogP) is 1.50. The highest BCUT2D eigenvalue weighted by Gasteiger charge is 2.23. The van der Waals surface area contributed by atoms with E-state index in [4.69, 9.17) is 19.9 Å². The Morgan fingerprint density at radius 3 is 2.10 bits per heavy atom. The maximum atomic E-state index is 11.0. The molecule has 2 aromatic heterocycles. The lowest BCUT2D eigenvalue weighted by molar-refractivity contribution is -0.118. The van der Waals surface area contributed by atoms with Gasteiger partial charge in [0.15, 0.2) is 22.8 Å². The van der Waals surface area contributed by atoms with Crippen molar-refractivity contribution < 1.29 is 4.79 Å². The third kappa shape index (κ3) is 3.70. The normalized spacial score (nSPS) is 14.1. The monoisotopic (exact) mass is 406 g/mol. The summed E-state index contributed by atoms with van der Waals surface area (Å²) in [7, 11) is 7.80. The molecule has 30 heavy (non-hydrogen) atoms. The van der Waals surface area contributed by atoms with Gasteiger partial charge in [0, 0.05) is 59.9 Å². The fraction of sp³-hybridized carbons (Fsp3) is 0.381. The van der Waals surface area contributed by atoms with Crippen LogP contribution in [0.1, 0.15) is 0 Å². The summed E-state index contributed by atoms with van der Waals surface area (Å²) in [5, 5.41) is 0. The van der Waals surface area contributed by atoms with Crippen LogP contribution < -0.4 is 14.7 Å². The molecule has 0 radical (unpaired) electrons. The lowest BCUT2D eigenvalue weighted by atomic mass is 10.1. The van der Waals surface area contributed by atoms with Crippen molar-refractivity contribution in [3.05, 3.63) is 30.3 Å². The van der Waals surface area contributed by atoms with Crippen LogP contribution in [0.4, 0.5) is 17.6 Å². The van der Waals surface area contributed by atoms with Gasteiger partial charge in [-0.2, -0.15) is 9.97 Å². The summed E-state index contributed by atoms with van der Waals surface area (Å²) in [5.41, 5.74) is 3.02. The lowest BCUT2D eigenvalue weighted by Gasteiger charge is -2.33. The summed E-state index contributed by atoms with van der Waals surface area (Å²) in [6.45, 7) is 2.69. The molecule has 0 aliphatic carbocycles. The minimum atomic E-state index is 0.560. The van der Waals surface area contributed by atoms with E-state index in [1.54, 1.807) is 4.90 Å². The number of piperazine rings is 1. The molecule has 1 aliphatic rings. The quantitative estimate of drug-likeness (QED) is 0.590. The number of carbonyl (C=O) groups is 1. The highest BCUT2D eigenvalue weighted by Crippen LogP contribution is 2.31. The van der Waals surface area contributed by atoms with Gasteiger partial charge in [0.25, 0.3) is 0 Å². The number of hydrogen-bond acceptors (Lipinski definition) is 8. The van der Waals surface area contributed by atoms with Gasteiger partial charge in [-0.3, -0.25) is 4.79 Å². The van der Waals surface area contributed by atoms with Crippen molar-refractivity contribution in [1.29, 1.82) is 0 Å². The van der Waals surface area contributed by atoms with Gasteiger partial charge >= 0.3 is 0 Å². The van der Waals surface area contributed by atoms with E-state index >= 15 is 0 Å². The van der Waals surface area contributed by atoms with E-state index in [2.05, 4.69) is 4.90 Å². The number of anilines is 3. The van der Waals surface area contributed by atoms with Gasteiger partial charge in [0.1, 0.15) is 5.69 Å². The first-order valence-corrected chi connectivity index (χ1v) is 9.92. The third-order valence-electron chi connectivity index (χ3n) is 5.12. The molecule has 156 valence electrons. The zero-order chi connectivity index (χ0) is 21.3. The number of rotatable bonds is 5. The van der Waals surface area contributed by atoms with Crippen LogP contribution in [0.25, 0.3) is 22.4 Å². The summed E-state index contributed by atoms with van der Waals surface area (Å²) in [4.78, 5) is 38.1. The molecular weight excluding hydrogens is 380 g/mol. The Hall–Kier alpha value is -3.49. The van der Waals surface area contributed by atoms with Gasteiger partial charge in [0.05, 0.1) is 0 Å². The molecule has 1 aliphatic heterocycles. The Morgan fingerprint density at radius 2 is 1.50 bits per heavy atom. The highest BCUT2D eigenvalue weighted by atomic mass is 16.1. The van der Waals surface area contributed by atoms with E-state index in [1.807, 2.05) is 68.3 Å². The van der Waals surface area contributed by atoms with Crippen molar-refractivity contribution in [3.8, 4) is 11.3 Å². The molecule has 0 N–H and O–H groups in total. The zero-order valence-corrected chi connectivity index (χ0v) is 17.8. The molecule has 0 saturated carbocycles. The maximum absolute atomic E-state index is 11.0. The van der Waals surface area contributed by atoms with Gasteiger partial charge in [-0.25, -0.2) is 9.97 Å². The van der Waals surface area contributed by atoms with E-state index in [9.17, 15) is 4.79 Å². The smallest absolute Gasteiger partial charge is 0.229 e. The van der Waals surface area contributed by atoms with Crippen LogP contribution in [0.2, 0.25) is 0 Å². The molecule has 0 spiro atoms. The number of carbonyl (C=O) groups excluding carboxylic acids is 1. The van der Waals surface area contributed by atoms with Crippen molar-refractivity contribution in [3.63, 3.8) is 0 Å². The second-order valence-electron chi connectivity index (χ2n) is 7.70. The van der Waals surface area contributed by atoms with Crippen LogP contribution in [0.15, 0.2) is 30.3 Å². The summed E-state index contributed by atoms with van der Waals surface area (Å²) < 4.78 is 0. The first-order chi connectivity index (χ1) is 14.5. The van der Waals surface area contributed by atoms with Crippen LogP contribution in [0.3, 0.4) is 0 Å². The first-order valence-electron chi connectivity index (χ1n) is 9.92. The third-order valence-corrected chi connectivity index (χ3v) is 5.12. The van der Waals surface area contributed by atoms with E-state index in [0.29, 0.717) is 43.3 Å². The fourth-order valence-electron chi connectivity index (χ4n) is 3.50. The number of amides is 1. The largest absolute Gasteiger partial charge is 0.361 e. The molecule has 1 amide bonds. The Bertz CT molecular complexity index is 1050. The second-order valence-corrected chi connectivity index (χ2v) is 7.70. The SMILES string of the molecule is CN(C)c1nc2nc(N3CCN(C=O)CC3)nc(N(C)C)c2nc1-c1ccccc1. The Morgan fingerprint density at radius 1 is 0.833 bits per heavy atom. The van der Waals surface area contributed by atoms with E-state index < -0.39 is 0 Å². The van der Waals surface area contributed by atoms with Gasteiger partial charge in [-0.05, 0) is 0 Å².